The first kappa shape index (κ1) is 23.1. The molecular formula is C22H19F3N2O4S. The number of phenols is 1. The number of halogens is 3. The Morgan fingerprint density at radius 1 is 1.00 bits per heavy atom. The van der Waals surface area contributed by atoms with Crippen molar-refractivity contribution in [2.45, 2.75) is 18.0 Å². The summed E-state index contributed by atoms with van der Waals surface area (Å²) < 4.78 is 66.8. The number of benzene rings is 3. The lowest BCUT2D eigenvalue weighted by Crippen LogP contribution is -2.38. The van der Waals surface area contributed by atoms with Crippen LogP contribution in [-0.2, 0) is 21.0 Å². The standard InChI is InChI=1S/C22H19F3N2O4S/c1-15-5-11-20(12-6-15)32(30,31)27(18-4-2-3-16(13-18)22(23,24)25)14-21(29)26-17-7-9-19(28)10-8-17/h2-13,28H,14H2,1H3,(H,26,29). The maximum Gasteiger partial charge on any atom is 0.416 e. The number of nitrogens with one attached hydrogen (secondary N) is 1. The molecule has 1 amide bonds. The molecule has 0 unspecified atom stereocenters. The van der Waals surface area contributed by atoms with Crippen molar-refractivity contribution in [3.8, 4) is 5.75 Å². The highest BCUT2D eigenvalue weighted by atomic mass is 32.2. The summed E-state index contributed by atoms with van der Waals surface area (Å²) in [4.78, 5) is 12.4. The molecule has 6 nitrogen and oxygen atoms in total. The molecule has 168 valence electrons. The number of amides is 1. The van der Waals surface area contributed by atoms with Crippen LogP contribution in [0, 0.1) is 6.92 Å². The molecule has 10 heteroatoms. The topological polar surface area (TPSA) is 86.7 Å². The van der Waals surface area contributed by atoms with Gasteiger partial charge in [-0.15, -0.1) is 0 Å². The zero-order chi connectivity index (χ0) is 23.5. The molecule has 3 aromatic carbocycles. The van der Waals surface area contributed by atoms with Crippen LogP contribution in [0.1, 0.15) is 11.1 Å². The minimum absolute atomic E-state index is 0.0319. The van der Waals surface area contributed by atoms with Crippen LogP contribution in [0.15, 0.2) is 77.7 Å². The van der Waals surface area contributed by atoms with Crippen LogP contribution in [0.3, 0.4) is 0 Å². The largest absolute Gasteiger partial charge is 0.508 e. The summed E-state index contributed by atoms with van der Waals surface area (Å²) in [6.07, 6.45) is -4.69. The Kier molecular flexibility index (Phi) is 6.45. The van der Waals surface area contributed by atoms with Crippen molar-refractivity contribution in [3.63, 3.8) is 0 Å². The molecule has 2 N–H and O–H groups in total. The van der Waals surface area contributed by atoms with Crippen molar-refractivity contribution in [1.82, 2.24) is 0 Å². The van der Waals surface area contributed by atoms with Gasteiger partial charge in [-0.1, -0.05) is 23.8 Å². The van der Waals surface area contributed by atoms with Crippen LogP contribution in [-0.4, -0.2) is 26.0 Å². The summed E-state index contributed by atoms with van der Waals surface area (Å²) in [5.74, 6) is -0.806. The van der Waals surface area contributed by atoms with E-state index in [2.05, 4.69) is 5.32 Å². The number of hydrogen-bond acceptors (Lipinski definition) is 4. The van der Waals surface area contributed by atoms with E-state index in [9.17, 15) is 31.5 Å². The molecule has 0 fully saturated rings. The first-order chi connectivity index (χ1) is 15.0. The SMILES string of the molecule is Cc1ccc(S(=O)(=O)N(CC(=O)Nc2ccc(O)cc2)c2cccc(C(F)(F)F)c2)cc1. The van der Waals surface area contributed by atoms with E-state index in [0.29, 0.717) is 10.4 Å². The van der Waals surface area contributed by atoms with Gasteiger partial charge in [0, 0.05) is 5.69 Å². The number of phenolic OH excluding ortho intramolecular Hbond substituents is 1. The van der Waals surface area contributed by atoms with Crippen LogP contribution in [0.25, 0.3) is 0 Å². The molecule has 3 aromatic rings. The first-order valence-electron chi connectivity index (χ1n) is 9.32. The van der Waals surface area contributed by atoms with Crippen molar-refractivity contribution < 1.29 is 31.5 Å². The highest BCUT2D eigenvalue weighted by Crippen LogP contribution is 2.33. The van der Waals surface area contributed by atoms with Crippen LogP contribution in [0.2, 0.25) is 0 Å². The number of aromatic hydroxyl groups is 1. The van der Waals surface area contributed by atoms with Gasteiger partial charge in [0.2, 0.25) is 5.91 Å². The second-order valence-electron chi connectivity index (χ2n) is 6.97. The Hall–Kier alpha value is -3.53. The molecule has 0 aliphatic rings. The minimum atomic E-state index is -4.69. The van der Waals surface area contributed by atoms with E-state index in [1.54, 1.807) is 19.1 Å². The Bertz CT molecular complexity index is 1210. The third-order valence-electron chi connectivity index (χ3n) is 4.51. The highest BCUT2D eigenvalue weighted by Gasteiger charge is 2.33. The lowest BCUT2D eigenvalue weighted by Gasteiger charge is -2.25. The third kappa shape index (κ3) is 5.38. The molecule has 0 aliphatic carbocycles. The van der Waals surface area contributed by atoms with Gasteiger partial charge >= 0.3 is 6.18 Å². The lowest BCUT2D eigenvalue weighted by atomic mass is 10.2. The molecule has 0 radical (unpaired) electrons. The number of nitrogens with zero attached hydrogens (tertiary/aromatic N) is 1. The Labute approximate surface area is 183 Å². The van der Waals surface area contributed by atoms with E-state index in [-0.39, 0.29) is 22.0 Å². The normalized spacial score (nSPS) is 11.8. The van der Waals surface area contributed by atoms with E-state index >= 15 is 0 Å². The molecule has 0 atom stereocenters. The van der Waals surface area contributed by atoms with Gasteiger partial charge in [0.15, 0.2) is 0 Å². The Balaban J connectivity index is 2.00. The number of sulfonamides is 1. The molecule has 0 heterocycles. The number of alkyl halides is 3. The van der Waals surface area contributed by atoms with Gasteiger partial charge in [-0.05, 0) is 61.5 Å². The first-order valence-corrected chi connectivity index (χ1v) is 10.8. The van der Waals surface area contributed by atoms with Crippen molar-refractivity contribution in [2.75, 3.05) is 16.2 Å². The molecule has 0 spiro atoms. The van der Waals surface area contributed by atoms with Crippen molar-refractivity contribution in [2.24, 2.45) is 0 Å². The fourth-order valence-electron chi connectivity index (χ4n) is 2.87. The van der Waals surface area contributed by atoms with Crippen LogP contribution >= 0.6 is 0 Å². The monoisotopic (exact) mass is 464 g/mol. The number of carbonyl (C=O) groups excluding carboxylic acids is 1. The average Bonchev–Trinajstić information content (AvgIpc) is 2.73. The lowest BCUT2D eigenvalue weighted by molar-refractivity contribution is -0.137. The van der Waals surface area contributed by atoms with E-state index in [4.69, 9.17) is 0 Å². The maximum absolute atomic E-state index is 13.3. The van der Waals surface area contributed by atoms with Crippen molar-refractivity contribution in [3.05, 3.63) is 83.9 Å². The van der Waals surface area contributed by atoms with E-state index in [0.717, 1.165) is 17.7 Å². The fraction of sp³-hybridized carbons (Fsp3) is 0.136. The van der Waals surface area contributed by atoms with E-state index in [1.807, 2.05) is 0 Å². The smallest absolute Gasteiger partial charge is 0.416 e. The van der Waals surface area contributed by atoms with Crippen LogP contribution in [0.5, 0.6) is 5.75 Å². The zero-order valence-electron chi connectivity index (χ0n) is 16.8. The summed E-state index contributed by atoms with van der Waals surface area (Å²) >= 11 is 0. The van der Waals surface area contributed by atoms with Gasteiger partial charge in [0.1, 0.15) is 12.3 Å². The Morgan fingerprint density at radius 2 is 1.62 bits per heavy atom. The quantitative estimate of drug-likeness (QED) is 0.524. The number of anilines is 2. The molecule has 0 aromatic heterocycles. The summed E-state index contributed by atoms with van der Waals surface area (Å²) in [5, 5.41) is 11.8. The molecule has 0 saturated carbocycles. The Morgan fingerprint density at radius 3 is 2.22 bits per heavy atom. The number of aryl methyl sites for hydroxylation is 1. The summed E-state index contributed by atoms with van der Waals surface area (Å²) in [5.41, 5.74) is -0.275. The minimum Gasteiger partial charge on any atom is -0.508 e. The van der Waals surface area contributed by atoms with Gasteiger partial charge in [-0.3, -0.25) is 9.10 Å². The van der Waals surface area contributed by atoms with Crippen molar-refractivity contribution >= 4 is 27.3 Å². The summed E-state index contributed by atoms with van der Waals surface area (Å²) in [7, 11) is -4.36. The van der Waals surface area contributed by atoms with E-state index < -0.39 is 34.2 Å². The summed E-state index contributed by atoms with van der Waals surface area (Å²) in [6, 6.07) is 15.0. The second-order valence-corrected chi connectivity index (χ2v) is 8.83. The van der Waals surface area contributed by atoms with Gasteiger partial charge in [-0.2, -0.15) is 13.2 Å². The molecule has 32 heavy (non-hydrogen) atoms. The molecule has 0 bridgehead atoms. The predicted octanol–water partition coefficient (Wildman–Crippen LogP) is 4.55. The van der Waals surface area contributed by atoms with E-state index in [1.165, 1.54) is 42.5 Å². The summed E-state index contributed by atoms with van der Waals surface area (Å²) in [6.45, 7) is 0.991. The highest BCUT2D eigenvalue weighted by molar-refractivity contribution is 7.92. The third-order valence-corrected chi connectivity index (χ3v) is 6.30. The number of hydrogen-bond donors (Lipinski definition) is 2. The number of rotatable bonds is 6. The fourth-order valence-corrected chi connectivity index (χ4v) is 4.28. The molecule has 0 saturated heterocycles. The van der Waals surface area contributed by atoms with Crippen LogP contribution < -0.4 is 9.62 Å². The van der Waals surface area contributed by atoms with Gasteiger partial charge in [0.25, 0.3) is 10.0 Å². The number of carbonyl (C=O) groups is 1. The zero-order valence-corrected chi connectivity index (χ0v) is 17.6. The average molecular weight is 464 g/mol. The second kappa shape index (κ2) is 8.91. The molecule has 0 aliphatic heterocycles. The maximum atomic E-state index is 13.3. The van der Waals surface area contributed by atoms with Crippen LogP contribution in [0.4, 0.5) is 24.5 Å². The molecular weight excluding hydrogens is 445 g/mol. The van der Waals surface area contributed by atoms with Gasteiger partial charge < -0.3 is 10.4 Å². The van der Waals surface area contributed by atoms with Gasteiger partial charge in [-0.25, -0.2) is 8.42 Å². The van der Waals surface area contributed by atoms with Crippen molar-refractivity contribution in [1.29, 1.82) is 0 Å². The van der Waals surface area contributed by atoms with Gasteiger partial charge in [0.05, 0.1) is 16.1 Å². The molecule has 3 rings (SSSR count). The predicted molar refractivity (Wildman–Crippen MR) is 114 cm³/mol.